The van der Waals surface area contributed by atoms with E-state index in [-0.39, 0.29) is 34.9 Å². The van der Waals surface area contributed by atoms with Crippen molar-refractivity contribution in [2.24, 2.45) is 0 Å². The van der Waals surface area contributed by atoms with Crippen molar-refractivity contribution in [1.29, 1.82) is 0 Å². The van der Waals surface area contributed by atoms with Gasteiger partial charge in [0, 0.05) is 29.6 Å². The van der Waals surface area contributed by atoms with E-state index < -0.39 is 10.0 Å². The van der Waals surface area contributed by atoms with Crippen LogP contribution >= 0.6 is 0 Å². The molecule has 1 amide bonds. The summed E-state index contributed by atoms with van der Waals surface area (Å²) in [6.45, 7) is 9.94. The first-order chi connectivity index (χ1) is 16.9. The van der Waals surface area contributed by atoms with Crippen LogP contribution in [-0.2, 0) is 19.6 Å². The maximum atomic E-state index is 13.0. The molecule has 0 saturated heterocycles. The Hall–Kier alpha value is -3.01. The average molecular weight is 513 g/mol. The Labute approximate surface area is 213 Å². The number of nitrogens with one attached hydrogen (secondary N) is 3. The number of nitrogens with zero attached hydrogens (tertiary/aromatic N) is 1. The van der Waals surface area contributed by atoms with E-state index in [1.807, 2.05) is 71.0 Å². The number of anilines is 2. The van der Waals surface area contributed by atoms with Gasteiger partial charge in [-0.05, 0) is 76.6 Å². The molecule has 0 bridgehead atoms. The Morgan fingerprint density at radius 1 is 1.06 bits per heavy atom. The molecule has 36 heavy (non-hydrogen) atoms. The second-order valence-corrected chi connectivity index (χ2v) is 11.6. The van der Waals surface area contributed by atoms with E-state index in [0.717, 1.165) is 5.69 Å². The fourth-order valence-electron chi connectivity index (χ4n) is 3.54. The second-order valence-electron chi connectivity index (χ2n) is 9.86. The Bertz CT molecular complexity index is 1270. The van der Waals surface area contributed by atoms with Crippen molar-refractivity contribution in [2.75, 3.05) is 17.2 Å². The van der Waals surface area contributed by atoms with Crippen LogP contribution in [0.2, 0.25) is 0 Å². The summed E-state index contributed by atoms with van der Waals surface area (Å²) < 4.78 is 34.5. The van der Waals surface area contributed by atoms with E-state index in [4.69, 9.17) is 4.74 Å². The lowest BCUT2D eigenvalue weighted by Crippen LogP contribution is -2.39. The highest BCUT2D eigenvalue weighted by Crippen LogP contribution is 2.21. The van der Waals surface area contributed by atoms with Gasteiger partial charge in [-0.25, -0.2) is 18.1 Å². The van der Waals surface area contributed by atoms with Gasteiger partial charge in [0.1, 0.15) is 5.82 Å². The molecule has 0 aliphatic rings. The normalized spacial score (nSPS) is 13.8. The van der Waals surface area contributed by atoms with E-state index in [1.165, 1.54) is 0 Å². The number of fused-ring (bicyclic) bond motifs is 1. The van der Waals surface area contributed by atoms with Crippen LogP contribution in [0.5, 0.6) is 0 Å². The SMILES string of the molecule is CC[C@@H](COC(C)(C)C)NS(=O)(=O)c1ccc2nc(NC(C)CC(=O)Nc3ccccc3)ccc2c1. The molecule has 3 rings (SSSR count). The second kappa shape index (κ2) is 11.8. The lowest BCUT2D eigenvalue weighted by molar-refractivity contribution is -0.116. The van der Waals surface area contributed by atoms with Crippen molar-refractivity contribution >= 4 is 38.3 Å². The van der Waals surface area contributed by atoms with E-state index in [9.17, 15) is 13.2 Å². The fraction of sp³-hybridized carbons (Fsp3) is 0.407. The zero-order valence-electron chi connectivity index (χ0n) is 21.5. The molecule has 0 spiro atoms. The van der Waals surface area contributed by atoms with E-state index >= 15 is 0 Å². The summed E-state index contributed by atoms with van der Waals surface area (Å²) in [5.41, 5.74) is 1.07. The largest absolute Gasteiger partial charge is 0.374 e. The molecule has 1 unspecified atom stereocenters. The first kappa shape index (κ1) is 27.6. The number of ether oxygens (including phenoxy) is 1. The van der Waals surface area contributed by atoms with Crippen LogP contribution in [0.15, 0.2) is 65.6 Å². The molecule has 0 aliphatic carbocycles. The van der Waals surface area contributed by atoms with Gasteiger partial charge in [-0.2, -0.15) is 0 Å². The molecule has 2 atom stereocenters. The molecule has 0 saturated carbocycles. The summed E-state index contributed by atoms with van der Waals surface area (Å²) in [4.78, 5) is 17.1. The summed E-state index contributed by atoms with van der Waals surface area (Å²) in [6.07, 6.45) is 0.885. The molecule has 9 heteroatoms. The molecular weight excluding hydrogens is 476 g/mol. The summed E-state index contributed by atoms with van der Waals surface area (Å²) >= 11 is 0. The van der Waals surface area contributed by atoms with Crippen molar-refractivity contribution in [3.05, 3.63) is 60.7 Å². The Kier molecular flexibility index (Phi) is 9.05. The first-order valence-electron chi connectivity index (χ1n) is 12.1. The number of para-hydroxylation sites is 1. The van der Waals surface area contributed by atoms with Gasteiger partial charge < -0.3 is 15.4 Å². The number of hydrogen-bond donors (Lipinski definition) is 3. The predicted molar refractivity (Wildman–Crippen MR) is 145 cm³/mol. The molecule has 1 heterocycles. The number of carbonyl (C=O) groups excluding carboxylic acids is 1. The fourth-order valence-corrected chi connectivity index (χ4v) is 4.88. The smallest absolute Gasteiger partial charge is 0.240 e. The van der Waals surface area contributed by atoms with E-state index in [1.54, 1.807) is 24.3 Å². The zero-order valence-corrected chi connectivity index (χ0v) is 22.4. The third-order valence-corrected chi connectivity index (χ3v) is 6.96. The number of pyridine rings is 1. The van der Waals surface area contributed by atoms with Gasteiger partial charge in [-0.15, -0.1) is 0 Å². The zero-order chi connectivity index (χ0) is 26.3. The van der Waals surface area contributed by atoms with Gasteiger partial charge in [0.05, 0.1) is 22.6 Å². The summed E-state index contributed by atoms with van der Waals surface area (Å²) in [6, 6.07) is 17.3. The van der Waals surface area contributed by atoms with Gasteiger partial charge in [0.25, 0.3) is 0 Å². The van der Waals surface area contributed by atoms with E-state index in [2.05, 4.69) is 20.3 Å². The number of amides is 1. The summed E-state index contributed by atoms with van der Waals surface area (Å²) in [5.74, 6) is 0.518. The van der Waals surface area contributed by atoms with Crippen LogP contribution in [0.3, 0.4) is 0 Å². The van der Waals surface area contributed by atoms with Crippen molar-refractivity contribution < 1.29 is 17.9 Å². The van der Waals surface area contributed by atoms with Crippen molar-refractivity contribution in [3.63, 3.8) is 0 Å². The standard InChI is InChI=1S/C27H36N4O4S/c1-6-21(18-35-27(3,4)5)31-36(33,34)23-13-14-24-20(17-23)12-15-25(30-24)28-19(2)16-26(32)29-22-10-8-7-9-11-22/h7-15,17,19,21,31H,6,16,18H2,1-5H3,(H,28,30)(H,29,32)/t19?,21-/m0/s1. The van der Waals surface area contributed by atoms with Crippen molar-refractivity contribution in [3.8, 4) is 0 Å². The summed E-state index contributed by atoms with van der Waals surface area (Å²) in [7, 11) is -3.72. The molecule has 0 fully saturated rings. The van der Waals surface area contributed by atoms with Crippen LogP contribution in [0.4, 0.5) is 11.5 Å². The first-order valence-corrected chi connectivity index (χ1v) is 13.6. The molecule has 3 N–H and O–H groups in total. The monoisotopic (exact) mass is 512 g/mol. The van der Waals surface area contributed by atoms with E-state index in [0.29, 0.717) is 29.7 Å². The molecule has 3 aromatic rings. The Morgan fingerprint density at radius 2 is 1.78 bits per heavy atom. The maximum Gasteiger partial charge on any atom is 0.240 e. The van der Waals surface area contributed by atoms with Crippen molar-refractivity contribution in [2.45, 2.75) is 70.0 Å². The van der Waals surface area contributed by atoms with Crippen LogP contribution in [0, 0.1) is 0 Å². The third-order valence-electron chi connectivity index (χ3n) is 5.45. The molecule has 2 aromatic carbocycles. The number of benzene rings is 2. The molecule has 194 valence electrons. The van der Waals surface area contributed by atoms with Gasteiger partial charge in [-0.1, -0.05) is 25.1 Å². The number of hydrogen-bond acceptors (Lipinski definition) is 6. The number of sulfonamides is 1. The van der Waals surface area contributed by atoms with Gasteiger partial charge >= 0.3 is 0 Å². The lowest BCUT2D eigenvalue weighted by Gasteiger charge is -2.24. The number of aromatic nitrogens is 1. The van der Waals surface area contributed by atoms with Gasteiger partial charge in [0.2, 0.25) is 15.9 Å². The average Bonchev–Trinajstić information content (AvgIpc) is 2.81. The Balaban J connectivity index is 1.64. The number of carbonyl (C=O) groups is 1. The molecule has 1 aromatic heterocycles. The van der Waals surface area contributed by atoms with Crippen LogP contribution < -0.4 is 15.4 Å². The van der Waals surface area contributed by atoms with Crippen molar-refractivity contribution in [1.82, 2.24) is 9.71 Å². The lowest BCUT2D eigenvalue weighted by atomic mass is 10.2. The minimum atomic E-state index is -3.72. The quantitative estimate of drug-likeness (QED) is 0.336. The van der Waals surface area contributed by atoms with Crippen LogP contribution in [-0.4, -0.2) is 43.6 Å². The Morgan fingerprint density at radius 3 is 2.44 bits per heavy atom. The molecule has 0 radical (unpaired) electrons. The third kappa shape index (κ3) is 8.29. The maximum absolute atomic E-state index is 13.0. The minimum Gasteiger partial charge on any atom is -0.374 e. The highest BCUT2D eigenvalue weighted by Gasteiger charge is 2.22. The highest BCUT2D eigenvalue weighted by molar-refractivity contribution is 7.89. The molecule has 0 aliphatic heterocycles. The van der Waals surface area contributed by atoms with Gasteiger partial charge in [0.15, 0.2) is 0 Å². The highest BCUT2D eigenvalue weighted by atomic mass is 32.2. The minimum absolute atomic E-state index is 0.0948. The van der Waals surface area contributed by atoms with Crippen LogP contribution in [0.25, 0.3) is 10.9 Å². The van der Waals surface area contributed by atoms with Crippen LogP contribution in [0.1, 0.15) is 47.5 Å². The number of rotatable bonds is 11. The molecule has 8 nitrogen and oxygen atoms in total. The molecular formula is C27H36N4O4S. The topological polar surface area (TPSA) is 109 Å². The summed E-state index contributed by atoms with van der Waals surface area (Å²) in [5, 5.41) is 6.82. The predicted octanol–water partition coefficient (Wildman–Crippen LogP) is 4.94. The van der Waals surface area contributed by atoms with Gasteiger partial charge in [-0.3, -0.25) is 4.79 Å².